The monoisotopic (exact) mass is 274 g/mol. The van der Waals surface area contributed by atoms with E-state index in [1.165, 1.54) is 0 Å². The van der Waals surface area contributed by atoms with Crippen LogP contribution in [-0.2, 0) is 9.47 Å². The second-order valence-electron chi connectivity index (χ2n) is 4.85. The number of aliphatic hydroxyl groups excluding tert-OH is 3. The second-order valence-corrected chi connectivity index (χ2v) is 4.85. The van der Waals surface area contributed by atoms with Gasteiger partial charge in [0.2, 0.25) is 0 Å². The van der Waals surface area contributed by atoms with Gasteiger partial charge in [-0.05, 0) is 19.3 Å². The van der Waals surface area contributed by atoms with E-state index in [1.807, 2.05) is 0 Å². The molecule has 0 aromatic heterocycles. The number of ether oxygens (including phenoxy) is 2. The van der Waals surface area contributed by atoms with Crippen molar-refractivity contribution in [1.29, 1.82) is 0 Å². The van der Waals surface area contributed by atoms with Gasteiger partial charge in [-0.1, -0.05) is 25.5 Å². The van der Waals surface area contributed by atoms with Gasteiger partial charge in [-0.2, -0.15) is 0 Å². The van der Waals surface area contributed by atoms with Gasteiger partial charge < -0.3 is 24.8 Å². The summed E-state index contributed by atoms with van der Waals surface area (Å²) in [6.07, 6.45) is 5.12. The largest absolute Gasteiger partial charge is 0.394 e. The number of rotatable bonds is 8. The molecule has 0 spiro atoms. The third-order valence-corrected chi connectivity index (χ3v) is 3.21. The summed E-state index contributed by atoms with van der Waals surface area (Å²) in [6, 6.07) is 0. The Labute approximate surface area is 114 Å². The van der Waals surface area contributed by atoms with E-state index in [0.29, 0.717) is 6.61 Å². The zero-order chi connectivity index (χ0) is 14.1. The first kappa shape index (κ1) is 16.6. The lowest BCUT2D eigenvalue weighted by Crippen LogP contribution is -2.55. The van der Waals surface area contributed by atoms with Crippen molar-refractivity contribution in [2.45, 2.75) is 57.0 Å². The average molecular weight is 274 g/mol. The third kappa shape index (κ3) is 5.58. The number of hydrogen-bond donors (Lipinski definition) is 3. The first-order chi connectivity index (χ1) is 9.20. The molecule has 19 heavy (non-hydrogen) atoms. The summed E-state index contributed by atoms with van der Waals surface area (Å²) in [6.45, 7) is 2.43. The van der Waals surface area contributed by atoms with Gasteiger partial charge in [-0.25, -0.2) is 0 Å². The van der Waals surface area contributed by atoms with E-state index in [4.69, 9.17) is 14.6 Å². The maximum Gasteiger partial charge on any atom is 0.114 e. The molecule has 0 unspecified atom stereocenters. The molecular formula is C14H26O5. The highest BCUT2D eigenvalue weighted by molar-refractivity contribution is 4.88. The first-order valence-corrected chi connectivity index (χ1v) is 7.05. The van der Waals surface area contributed by atoms with Gasteiger partial charge in [0.05, 0.1) is 13.2 Å². The fraction of sp³-hybridized carbons (Fsp3) is 0.857. The molecule has 3 N–H and O–H groups in total. The summed E-state index contributed by atoms with van der Waals surface area (Å²) in [7, 11) is 0. The first-order valence-electron chi connectivity index (χ1n) is 7.05. The molecule has 1 aliphatic rings. The summed E-state index contributed by atoms with van der Waals surface area (Å²) >= 11 is 0. The lowest BCUT2D eigenvalue weighted by molar-refractivity contribution is -0.211. The van der Waals surface area contributed by atoms with Crippen molar-refractivity contribution in [3.63, 3.8) is 0 Å². The molecule has 1 saturated heterocycles. The number of aliphatic hydroxyl groups is 3. The lowest BCUT2D eigenvalue weighted by atomic mass is 10.0. The normalized spacial score (nSPS) is 32.0. The van der Waals surface area contributed by atoms with Gasteiger partial charge in [-0.15, -0.1) is 0 Å². The molecule has 1 heterocycles. The Morgan fingerprint density at radius 3 is 2.68 bits per heavy atom. The van der Waals surface area contributed by atoms with E-state index in [9.17, 15) is 10.2 Å². The minimum Gasteiger partial charge on any atom is -0.394 e. The maximum absolute atomic E-state index is 9.83. The van der Waals surface area contributed by atoms with Crippen LogP contribution >= 0.6 is 0 Å². The molecule has 0 aromatic carbocycles. The van der Waals surface area contributed by atoms with Crippen LogP contribution in [-0.4, -0.2) is 59.6 Å². The van der Waals surface area contributed by atoms with Crippen molar-refractivity contribution < 1.29 is 24.8 Å². The SMILES string of the molecule is CCC/C=C/CCCO[C@@H]1[C@@H](O)[C@H](O)CO[C@H]1CO. The minimum atomic E-state index is -0.999. The third-order valence-electron chi connectivity index (χ3n) is 3.21. The summed E-state index contributed by atoms with van der Waals surface area (Å²) in [5.74, 6) is 0. The van der Waals surface area contributed by atoms with Gasteiger partial charge in [0.25, 0.3) is 0 Å². The molecule has 5 heteroatoms. The molecule has 4 atom stereocenters. The Morgan fingerprint density at radius 1 is 1.26 bits per heavy atom. The fourth-order valence-electron chi connectivity index (χ4n) is 2.04. The van der Waals surface area contributed by atoms with E-state index in [0.717, 1.165) is 25.7 Å². The van der Waals surface area contributed by atoms with Gasteiger partial charge in [0.15, 0.2) is 0 Å². The predicted molar refractivity (Wildman–Crippen MR) is 71.9 cm³/mol. The highest BCUT2D eigenvalue weighted by Gasteiger charge is 2.39. The lowest BCUT2D eigenvalue weighted by Gasteiger charge is -2.37. The summed E-state index contributed by atoms with van der Waals surface area (Å²) in [5, 5.41) is 28.5. The van der Waals surface area contributed by atoms with Gasteiger partial charge in [0, 0.05) is 6.61 Å². The molecule has 5 nitrogen and oxygen atoms in total. The molecule has 0 saturated carbocycles. The van der Waals surface area contributed by atoms with E-state index >= 15 is 0 Å². The Hall–Kier alpha value is -0.460. The highest BCUT2D eigenvalue weighted by Crippen LogP contribution is 2.18. The molecule has 0 radical (unpaired) electrons. The van der Waals surface area contributed by atoms with Crippen molar-refractivity contribution in [3.8, 4) is 0 Å². The molecule has 1 rings (SSSR count). The van der Waals surface area contributed by atoms with Crippen LogP contribution in [0.5, 0.6) is 0 Å². The van der Waals surface area contributed by atoms with E-state index < -0.39 is 24.4 Å². The van der Waals surface area contributed by atoms with Crippen molar-refractivity contribution >= 4 is 0 Å². The maximum atomic E-state index is 9.83. The van der Waals surface area contributed by atoms with Crippen molar-refractivity contribution in [1.82, 2.24) is 0 Å². The topological polar surface area (TPSA) is 79.2 Å². The number of allylic oxidation sites excluding steroid dienone is 2. The number of hydrogen-bond acceptors (Lipinski definition) is 5. The van der Waals surface area contributed by atoms with Crippen LogP contribution in [0.3, 0.4) is 0 Å². The highest BCUT2D eigenvalue weighted by atomic mass is 16.6. The van der Waals surface area contributed by atoms with Crippen LogP contribution < -0.4 is 0 Å². The molecule has 112 valence electrons. The zero-order valence-electron chi connectivity index (χ0n) is 11.6. The van der Waals surface area contributed by atoms with Crippen LogP contribution in [0.4, 0.5) is 0 Å². The summed E-state index contributed by atoms with van der Waals surface area (Å²) in [5.41, 5.74) is 0. The van der Waals surface area contributed by atoms with Crippen LogP contribution in [0.25, 0.3) is 0 Å². The van der Waals surface area contributed by atoms with Gasteiger partial charge in [-0.3, -0.25) is 0 Å². The Morgan fingerprint density at radius 2 is 2.00 bits per heavy atom. The van der Waals surface area contributed by atoms with E-state index in [1.54, 1.807) is 0 Å². The standard InChI is InChI=1S/C14H26O5/c1-2-3-4-5-6-7-8-18-14-12(9-15)19-10-11(16)13(14)17/h4-5,11-17H,2-3,6-10H2,1H3/b5-4+/t11-,12+,13+,14+/m1/s1. The molecule has 0 amide bonds. The Kier molecular flexibility index (Phi) is 8.25. The fourth-order valence-corrected chi connectivity index (χ4v) is 2.04. The van der Waals surface area contributed by atoms with Crippen LogP contribution in [0, 0.1) is 0 Å². The van der Waals surface area contributed by atoms with Gasteiger partial charge in [0.1, 0.15) is 24.4 Å². The smallest absolute Gasteiger partial charge is 0.114 e. The zero-order valence-corrected chi connectivity index (χ0v) is 11.6. The average Bonchev–Trinajstić information content (AvgIpc) is 2.42. The molecule has 0 aromatic rings. The Balaban J connectivity index is 2.24. The van der Waals surface area contributed by atoms with Crippen LogP contribution in [0.15, 0.2) is 12.2 Å². The van der Waals surface area contributed by atoms with Crippen molar-refractivity contribution in [2.24, 2.45) is 0 Å². The molecular weight excluding hydrogens is 248 g/mol. The molecule has 1 aliphatic heterocycles. The molecule has 1 fully saturated rings. The predicted octanol–water partition coefficient (Wildman–Crippen LogP) is 0.621. The molecule has 0 aliphatic carbocycles. The van der Waals surface area contributed by atoms with Crippen molar-refractivity contribution in [3.05, 3.63) is 12.2 Å². The van der Waals surface area contributed by atoms with E-state index in [-0.39, 0.29) is 13.2 Å². The number of unbranched alkanes of at least 4 members (excludes halogenated alkanes) is 2. The van der Waals surface area contributed by atoms with E-state index in [2.05, 4.69) is 19.1 Å². The van der Waals surface area contributed by atoms with Crippen LogP contribution in [0.1, 0.15) is 32.6 Å². The summed E-state index contributed by atoms with van der Waals surface area (Å²) < 4.78 is 10.8. The molecule has 0 bridgehead atoms. The Bertz CT molecular complexity index is 254. The van der Waals surface area contributed by atoms with Crippen LogP contribution in [0.2, 0.25) is 0 Å². The second kappa shape index (κ2) is 9.44. The minimum absolute atomic E-state index is 0.0337. The quantitative estimate of drug-likeness (QED) is 0.447. The van der Waals surface area contributed by atoms with Gasteiger partial charge >= 0.3 is 0 Å². The summed E-state index contributed by atoms with van der Waals surface area (Å²) in [4.78, 5) is 0. The van der Waals surface area contributed by atoms with Crippen molar-refractivity contribution in [2.75, 3.05) is 19.8 Å².